The molecule has 0 spiro atoms. The van der Waals surface area contributed by atoms with E-state index in [2.05, 4.69) is 11.1 Å². The Morgan fingerprint density at radius 1 is 1.04 bits per heavy atom. The lowest BCUT2D eigenvalue weighted by atomic mass is 9.93. The number of hydrogen-bond acceptors (Lipinski definition) is 4. The number of nitriles is 1. The zero-order valence-electron chi connectivity index (χ0n) is 15.5. The molecule has 1 aliphatic carbocycles. The summed E-state index contributed by atoms with van der Waals surface area (Å²) in [6.45, 7) is 0. The Balaban J connectivity index is 1.75. The van der Waals surface area contributed by atoms with E-state index in [1.807, 2.05) is 60.7 Å². The summed E-state index contributed by atoms with van der Waals surface area (Å²) >= 11 is 0. The molecule has 1 aromatic heterocycles. The van der Waals surface area contributed by atoms with Crippen LogP contribution in [0.2, 0.25) is 0 Å². The molecule has 1 aliphatic rings. The highest BCUT2D eigenvalue weighted by Crippen LogP contribution is 2.25. The summed E-state index contributed by atoms with van der Waals surface area (Å²) in [5.74, 6) is 0.218. The molecule has 0 bridgehead atoms. The van der Waals surface area contributed by atoms with Crippen molar-refractivity contribution in [2.45, 2.75) is 25.3 Å². The van der Waals surface area contributed by atoms with Crippen molar-refractivity contribution in [2.75, 3.05) is 0 Å². The Labute approximate surface area is 164 Å². The lowest BCUT2D eigenvalue weighted by molar-refractivity contribution is 0.420. The fourth-order valence-corrected chi connectivity index (χ4v) is 3.23. The van der Waals surface area contributed by atoms with Gasteiger partial charge in [-0.3, -0.25) is 4.99 Å². The first-order valence-corrected chi connectivity index (χ1v) is 9.36. The summed E-state index contributed by atoms with van der Waals surface area (Å²) in [6, 6.07) is 22.1. The van der Waals surface area contributed by atoms with Gasteiger partial charge in [0.2, 0.25) is 0 Å². The minimum Gasteiger partial charge on any atom is -0.397 e. The Kier molecular flexibility index (Phi) is 4.77. The smallest absolute Gasteiger partial charge is 0.138 e. The van der Waals surface area contributed by atoms with Gasteiger partial charge in [0, 0.05) is 16.5 Å². The minimum atomic E-state index is 0.211. The largest absolute Gasteiger partial charge is 0.397 e. The van der Waals surface area contributed by atoms with Crippen molar-refractivity contribution < 1.29 is 0 Å². The maximum atomic E-state index is 9.57. The van der Waals surface area contributed by atoms with Crippen molar-refractivity contribution in [3.8, 4) is 17.3 Å². The molecule has 1 heterocycles. The quantitative estimate of drug-likeness (QED) is 0.413. The van der Waals surface area contributed by atoms with Crippen molar-refractivity contribution in [3.05, 3.63) is 71.8 Å². The number of fused-ring (bicyclic) bond motifs is 1. The number of nitrogens with two attached hydrogens (primary N) is 2. The predicted octanol–water partition coefficient (Wildman–Crippen LogP) is 4.00. The SMILES string of the molecule is N#C/C(C(N)=NC1CCC1)=C(/N)c1ccc2ccc(-c3ccccc3)nc2c1. The van der Waals surface area contributed by atoms with Crippen LogP contribution in [-0.2, 0) is 0 Å². The molecular formula is C23H21N5. The zero-order valence-corrected chi connectivity index (χ0v) is 15.5. The molecule has 0 amide bonds. The standard InChI is InChI=1S/C23H21N5/c24-14-19(23(26)27-18-7-4-8-18)22(25)17-10-9-16-11-12-20(28-21(16)13-17)15-5-2-1-3-6-15/h1-3,5-6,9-13,18H,4,7-8,25H2,(H2,26,27)/b22-19-. The summed E-state index contributed by atoms with van der Waals surface area (Å²) in [7, 11) is 0. The van der Waals surface area contributed by atoms with Crippen molar-refractivity contribution in [1.82, 2.24) is 4.98 Å². The molecule has 28 heavy (non-hydrogen) atoms. The molecule has 0 saturated heterocycles. The van der Waals surface area contributed by atoms with Crippen LogP contribution in [0.5, 0.6) is 0 Å². The molecule has 4 N–H and O–H groups in total. The van der Waals surface area contributed by atoms with E-state index in [4.69, 9.17) is 16.5 Å². The summed E-state index contributed by atoms with van der Waals surface area (Å²) in [6.07, 6.45) is 3.19. The number of aromatic nitrogens is 1. The number of hydrogen-bond donors (Lipinski definition) is 2. The second-order valence-corrected chi connectivity index (χ2v) is 6.97. The number of aliphatic imine (C=N–C) groups is 1. The molecule has 3 aromatic rings. The van der Waals surface area contributed by atoms with Gasteiger partial charge in [0.25, 0.3) is 0 Å². The molecule has 1 saturated carbocycles. The Hall–Kier alpha value is -3.65. The Bertz CT molecular complexity index is 1120. The van der Waals surface area contributed by atoms with Gasteiger partial charge < -0.3 is 11.5 Å². The molecular weight excluding hydrogens is 346 g/mol. The maximum Gasteiger partial charge on any atom is 0.138 e. The molecule has 0 atom stereocenters. The molecule has 5 nitrogen and oxygen atoms in total. The van der Waals surface area contributed by atoms with E-state index in [1.165, 1.54) is 0 Å². The number of rotatable bonds is 4. The first-order valence-electron chi connectivity index (χ1n) is 9.36. The van der Waals surface area contributed by atoms with Crippen molar-refractivity contribution in [2.24, 2.45) is 16.5 Å². The monoisotopic (exact) mass is 367 g/mol. The van der Waals surface area contributed by atoms with Crippen molar-refractivity contribution in [1.29, 1.82) is 5.26 Å². The fraction of sp³-hybridized carbons (Fsp3) is 0.174. The average molecular weight is 367 g/mol. The normalized spacial score (nSPS) is 15.6. The van der Waals surface area contributed by atoms with Gasteiger partial charge in [-0.1, -0.05) is 48.5 Å². The Morgan fingerprint density at radius 3 is 2.46 bits per heavy atom. The van der Waals surface area contributed by atoms with Crippen LogP contribution in [-0.4, -0.2) is 16.9 Å². The van der Waals surface area contributed by atoms with E-state index in [0.717, 1.165) is 41.4 Å². The summed E-state index contributed by atoms with van der Waals surface area (Å²) in [5, 5.41) is 10.6. The van der Waals surface area contributed by atoms with Crippen LogP contribution >= 0.6 is 0 Å². The highest BCUT2D eigenvalue weighted by molar-refractivity contribution is 6.07. The number of pyridine rings is 1. The van der Waals surface area contributed by atoms with Gasteiger partial charge in [0.15, 0.2) is 0 Å². The summed E-state index contributed by atoms with van der Waals surface area (Å²) < 4.78 is 0. The lowest BCUT2D eigenvalue weighted by Crippen LogP contribution is -2.24. The van der Waals surface area contributed by atoms with Crippen LogP contribution < -0.4 is 11.5 Å². The highest BCUT2D eigenvalue weighted by atomic mass is 14.9. The molecule has 4 rings (SSSR count). The molecule has 1 fully saturated rings. The third-order valence-electron chi connectivity index (χ3n) is 5.11. The molecule has 0 aliphatic heterocycles. The van der Waals surface area contributed by atoms with Crippen LogP contribution in [0, 0.1) is 11.3 Å². The maximum absolute atomic E-state index is 9.57. The van der Waals surface area contributed by atoms with Crippen LogP contribution in [0.3, 0.4) is 0 Å². The topological polar surface area (TPSA) is 101 Å². The highest BCUT2D eigenvalue weighted by Gasteiger charge is 2.18. The van der Waals surface area contributed by atoms with Gasteiger partial charge in [-0.25, -0.2) is 4.98 Å². The van der Waals surface area contributed by atoms with Gasteiger partial charge in [0.05, 0.1) is 22.9 Å². The molecule has 2 aromatic carbocycles. The van der Waals surface area contributed by atoms with E-state index in [-0.39, 0.29) is 17.5 Å². The zero-order chi connectivity index (χ0) is 19.5. The second kappa shape index (κ2) is 7.53. The third-order valence-corrected chi connectivity index (χ3v) is 5.11. The first-order chi connectivity index (χ1) is 13.7. The first kappa shape index (κ1) is 17.7. The second-order valence-electron chi connectivity index (χ2n) is 6.97. The Morgan fingerprint density at radius 2 is 1.79 bits per heavy atom. The third kappa shape index (κ3) is 3.45. The minimum absolute atomic E-state index is 0.211. The van der Waals surface area contributed by atoms with Crippen LogP contribution in [0.25, 0.3) is 27.9 Å². The van der Waals surface area contributed by atoms with Crippen LogP contribution in [0.15, 0.2) is 71.2 Å². The molecule has 138 valence electrons. The van der Waals surface area contributed by atoms with Gasteiger partial charge >= 0.3 is 0 Å². The molecule has 0 unspecified atom stereocenters. The lowest BCUT2D eigenvalue weighted by Gasteiger charge is -2.21. The van der Waals surface area contributed by atoms with Gasteiger partial charge in [-0.15, -0.1) is 0 Å². The number of nitrogens with zero attached hydrogens (tertiary/aromatic N) is 3. The van der Waals surface area contributed by atoms with E-state index in [0.29, 0.717) is 11.3 Å². The summed E-state index contributed by atoms with van der Waals surface area (Å²) in [5.41, 5.74) is 16.4. The molecule has 5 heteroatoms. The number of amidine groups is 1. The fourth-order valence-electron chi connectivity index (χ4n) is 3.23. The predicted molar refractivity (Wildman–Crippen MR) is 113 cm³/mol. The van der Waals surface area contributed by atoms with E-state index < -0.39 is 0 Å². The van der Waals surface area contributed by atoms with E-state index in [1.54, 1.807) is 0 Å². The van der Waals surface area contributed by atoms with Crippen LogP contribution in [0.1, 0.15) is 24.8 Å². The van der Waals surface area contributed by atoms with Gasteiger partial charge in [0.1, 0.15) is 17.5 Å². The van der Waals surface area contributed by atoms with Crippen LogP contribution in [0.4, 0.5) is 0 Å². The van der Waals surface area contributed by atoms with Gasteiger partial charge in [-0.05, 0) is 31.4 Å². The van der Waals surface area contributed by atoms with Gasteiger partial charge in [-0.2, -0.15) is 5.26 Å². The van der Waals surface area contributed by atoms with E-state index >= 15 is 0 Å². The average Bonchev–Trinajstić information content (AvgIpc) is 2.71. The molecule has 0 radical (unpaired) electrons. The summed E-state index contributed by atoms with van der Waals surface area (Å²) in [4.78, 5) is 9.20. The number of benzene rings is 2. The van der Waals surface area contributed by atoms with Crippen molar-refractivity contribution in [3.63, 3.8) is 0 Å². The van der Waals surface area contributed by atoms with E-state index in [9.17, 15) is 5.26 Å². The van der Waals surface area contributed by atoms with Crippen molar-refractivity contribution >= 4 is 22.4 Å².